The van der Waals surface area contributed by atoms with Crippen LogP contribution in [0.5, 0.6) is 0 Å². The van der Waals surface area contributed by atoms with Crippen LogP contribution in [0.2, 0.25) is 0 Å². The lowest BCUT2D eigenvalue weighted by Crippen LogP contribution is -2.35. The van der Waals surface area contributed by atoms with Gasteiger partial charge in [-0.05, 0) is 31.9 Å². The highest BCUT2D eigenvalue weighted by Gasteiger charge is 2.28. The van der Waals surface area contributed by atoms with Gasteiger partial charge in [-0.2, -0.15) is 13.5 Å². The molecule has 0 aromatic carbocycles. The second kappa shape index (κ2) is 7.00. The van der Waals surface area contributed by atoms with E-state index >= 15 is 0 Å². The summed E-state index contributed by atoms with van der Waals surface area (Å²) in [5.74, 6) is -1.94. The Bertz CT molecular complexity index is 1200. The summed E-state index contributed by atoms with van der Waals surface area (Å²) in [6.45, 7) is 3.58. The fraction of sp³-hybridized carbons (Fsp3) is 0.350. The van der Waals surface area contributed by atoms with Crippen LogP contribution in [0.1, 0.15) is 41.9 Å². The number of aromatic carboxylic acids is 1. The summed E-state index contributed by atoms with van der Waals surface area (Å²) in [7, 11) is 0. The summed E-state index contributed by atoms with van der Waals surface area (Å²) >= 11 is 0. The number of carbonyl (C=O) groups is 1. The SMILES string of the molecule is C[C@H]1Cn2cc(-c3nc4c(cc3F)c(=O)c(C(=O)O)cn4C3CC3)cc2CN1.S. The van der Waals surface area contributed by atoms with E-state index in [2.05, 4.69) is 21.8 Å². The average Bonchev–Trinajstić information content (AvgIpc) is 3.41. The Morgan fingerprint density at radius 2 is 2.07 bits per heavy atom. The molecule has 2 aliphatic rings. The number of halogens is 1. The zero-order valence-corrected chi connectivity index (χ0v) is 16.8. The summed E-state index contributed by atoms with van der Waals surface area (Å²) < 4.78 is 18.7. The molecule has 0 bridgehead atoms. The lowest BCUT2D eigenvalue weighted by molar-refractivity contribution is 0.0695. The van der Waals surface area contributed by atoms with Crippen LogP contribution in [-0.2, 0) is 13.1 Å². The molecule has 3 aromatic rings. The van der Waals surface area contributed by atoms with Gasteiger partial charge in [-0.15, -0.1) is 0 Å². The van der Waals surface area contributed by atoms with Crippen LogP contribution in [-0.4, -0.2) is 31.2 Å². The molecule has 7 nitrogen and oxygen atoms in total. The maximum Gasteiger partial charge on any atom is 0.341 e. The molecule has 2 N–H and O–H groups in total. The molecule has 1 atom stereocenters. The lowest BCUT2D eigenvalue weighted by Gasteiger charge is -2.22. The standard InChI is InChI=1S/C20H19FN4O3.H2S/c1-10-7-24-8-11(4-13(24)6-22-10)17-16(21)5-14-18(26)15(20(27)28)9-25(12-2-3-12)19(14)23-17;/h4-5,8-10,12,22H,2-3,6-7H2,1H3,(H,27,28);1H2/t10-;/m0./s1. The Morgan fingerprint density at radius 3 is 2.76 bits per heavy atom. The van der Waals surface area contributed by atoms with Crippen molar-refractivity contribution < 1.29 is 14.3 Å². The molecule has 3 aromatic heterocycles. The quantitative estimate of drug-likeness (QED) is 0.685. The Labute approximate surface area is 172 Å². The molecule has 0 saturated heterocycles. The van der Waals surface area contributed by atoms with E-state index < -0.39 is 17.2 Å². The van der Waals surface area contributed by atoms with Gasteiger partial charge in [-0.1, -0.05) is 0 Å². The molecule has 5 rings (SSSR count). The lowest BCUT2D eigenvalue weighted by atomic mass is 10.1. The smallest absolute Gasteiger partial charge is 0.341 e. The summed E-state index contributed by atoms with van der Waals surface area (Å²) in [6, 6.07) is 3.46. The van der Waals surface area contributed by atoms with Gasteiger partial charge >= 0.3 is 5.97 Å². The maximum atomic E-state index is 14.9. The molecular weight excluding hydrogens is 395 g/mol. The van der Waals surface area contributed by atoms with Gasteiger partial charge in [0.05, 0.1) is 5.39 Å². The molecule has 9 heteroatoms. The zero-order chi connectivity index (χ0) is 19.6. The third-order valence-corrected chi connectivity index (χ3v) is 5.49. The predicted octanol–water partition coefficient (Wildman–Crippen LogP) is 2.64. The number of aromatic nitrogens is 3. The van der Waals surface area contributed by atoms with Crippen LogP contribution >= 0.6 is 13.5 Å². The van der Waals surface area contributed by atoms with Crippen LogP contribution in [0.4, 0.5) is 4.39 Å². The van der Waals surface area contributed by atoms with Gasteiger partial charge in [0.1, 0.15) is 22.7 Å². The van der Waals surface area contributed by atoms with Gasteiger partial charge in [0, 0.05) is 48.8 Å². The first-order chi connectivity index (χ1) is 13.4. The molecule has 152 valence electrons. The first kappa shape index (κ1) is 19.7. The fourth-order valence-corrected chi connectivity index (χ4v) is 3.87. The number of fused-ring (bicyclic) bond motifs is 2. The molecule has 1 fully saturated rings. The zero-order valence-electron chi connectivity index (χ0n) is 15.8. The van der Waals surface area contributed by atoms with Crippen molar-refractivity contribution in [3.63, 3.8) is 0 Å². The third kappa shape index (κ3) is 3.24. The van der Waals surface area contributed by atoms with Gasteiger partial charge in [-0.25, -0.2) is 14.2 Å². The fourth-order valence-electron chi connectivity index (χ4n) is 3.87. The summed E-state index contributed by atoms with van der Waals surface area (Å²) in [6.07, 6.45) is 5.00. The molecule has 0 unspecified atom stereocenters. The van der Waals surface area contributed by atoms with E-state index in [1.807, 2.05) is 12.3 Å². The first-order valence-electron chi connectivity index (χ1n) is 9.34. The van der Waals surface area contributed by atoms with E-state index in [0.29, 0.717) is 23.8 Å². The Hall–Kier alpha value is -2.65. The van der Waals surface area contributed by atoms with E-state index in [1.54, 1.807) is 4.57 Å². The highest BCUT2D eigenvalue weighted by molar-refractivity contribution is 7.59. The second-order valence-electron chi connectivity index (χ2n) is 7.66. The van der Waals surface area contributed by atoms with Gasteiger partial charge in [0.2, 0.25) is 5.43 Å². The molecule has 1 aliphatic carbocycles. The monoisotopic (exact) mass is 416 g/mol. The number of nitrogens with zero attached hydrogens (tertiary/aromatic N) is 3. The van der Waals surface area contributed by atoms with Gasteiger partial charge in [0.15, 0.2) is 0 Å². The molecule has 29 heavy (non-hydrogen) atoms. The van der Waals surface area contributed by atoms with Crippen LogP contribution < -0.4 is 10.7 Å². The molecule has 0 radical (unpaired) electrons. The van der Waals surface area contributed by atoms with Crippen molar-refractivity contribution in [2.24, 2.45) is 0 Å². The van der Waals surface area contributed by atoms with E-state index in [-0.39, 0.29) is 36.2 Å². The van der Waals surface area contributed by atoms with Gasteiger partial charge in [0.25, 0.3) is 0 Å². The summed E-state index contributed by atoms with van der Waals surface area (Å²) in [5.41, 5.74) is 1.17. The van der Waals surface area contributed by atoms with Crippen molar-refractivity contribution in [1.82, 2.24) is 19.4 Å². The molecule has 0 spiro atoms. The van der Waals surface area contributed by atoms with Crippen molar-refractivity contribution in [3.05, 3.63) is 51.8 Å². The van der Waals surface area contributed by atoms with E-state index in [1.165, 1.54) is 6.20 Å². The number of hydrogen-bond donors (Lipinski definition) is 2. The molecule has 0 amide bonds. The number of hydrogen-bond acceptors (Lipinski definition) is 4. The summed E-state index contributed by atoms with van der Waals surface area (Å²) in [4.78, 5) is 28.5. The van der Waals surface area contributed by atoms with Crippen molar-refractivity contribution in [3.8, 4) is 11.3 Å². The average molecular weight is 416 g/mol. The van der Waals surface area contributed by atoms with Crippen molar-refractivity contribution in [1.29, 1.82) is 0 Å². The van der Waals surface area contributed by atoms with Crippen LogP contribution in [0.15, 0.2) is 29.3 Å². The topological polar surface area (TPSA) is 89.2 Å². The van der Waals surface area contributed by atoms with Crippen molar-refractivity contribution >= 4 is 30.5 Å². The molecule has 1 aliphatic heterocycles. The number of carboxylic acids is 1. The third-order valence-electron chi connectivity index (χ3n) is 5.49. The summed E-state index contributed by atoms with van der Waals surface area (Å²) in [5, 5.41) is 12.7. The van der Waals surface area contributed by atoms with E-state index in [0.717, 1.165) is 31.1 Å². The van der Waals surface area contributed by atoms with Crippen LogP contribution in [0.25, 0.3) is 22.3 Å². The minimum atomic E-state index is -1.31. The van der Waals surface area contributed by atoms with Crippen LogP contribution in [0.3, 0.4) is 0 Å². The normalized spacial score (nSPS) is 18.3. The number of pyridine rings is 2. The maximum absolute atomic E-state index is 14.9. The number of rotatable bonds is 3. The minimum Gasteiger partial charge on any atom is -0.477 e. The van der Waals surface area contributed by atoms with Gasteiger partial charge in [-0.3, -0.25) is 4.79 Å². The Kier molecular flexibility index (Phi) is 4.74. The molecule has 4 heterocycles. The Balaban J connectivity index is 0.00000205. The second-order valence-corrected chi connectivity index (χ2v) is 7.66. The van der Waals surface area contributed by atoms with Crippen molar-refractivity contribution in [2.45, 2.75) is 44.9 Å². The highest BCUT2D eigenvalue weighted by Crippen LogP contribution is 2.37. The number of carboxylic acid groups (broad SMARTS) is 1. The van der Waals surface area contributed by atoms with Crippen molar-refractivity contribution in [2.75, 3.05) is 0 Å². The van der Waals surface area contributed by atoms with Crippen LogP contribution in [0, 0.1) is 5.82 Å². The Morgan fingerprint density at radius 1 is 1.31 bits per heavy atom. The molecular formula is C20H21FN4O3S. The van der Waals surface area contributed by atoms with Gasteiger partial charge < -0.3 is 19.6 Å². The number of nitrogens with one attached hydrogen (secondary N) is 1. The highest BCUT2D eigenvalue weighted by atomic mass is 32.1. The minimum absolute atomic E-state index is 0. The molecule has 1 saturated carbocycles. The van der Waals surface area contributed by atoms with E-state index in [4.69, 9.17) is 0 Å². The largest absolute Gasteiger partial charge is 0.477 e. The van der Waals surface area contributed by atoms with E-state index in [9.17, 15) is 19.1 Å². The predicted molar refractivity (Wildman–Crippen MR) is 111 cm³/mol. The first-order valence-corrected chi connectivity index (χ1v) is 9.34.